The van der Waals surface area contributed by atoms with Crippen molar-refractivity contribution in [2.45, 2.75) is 19.1 Å². The van der Waals surface area contributed by atoms with Gasteiger partial charge in [0, 0.05) is 19.6 Å². The molecule has 1 heterocycles. The molecule has 0 saturated carbocycles. The van der Waals surface area contributed by atoms with E-state index in [0.717, 1.165) is 17.7 Å². The molecular weight excluding hydrogens is 218 g/mol. The number of esters is 1. The van der Waals surface area contributed by atoms with Crippen molar-refractivity contribution in [2.24, 2.45) is 0 Å². The van der Waals surface area contributed by atoms with Crippen molar-refractivity contribution in [3.63, 3.8) is 0 Å². The number of rotatable bonds is 4. The normalized spacial score (nSPS) is 16.6. The van der Waals surface area contributed by atoms with Gasteiger partial charge in [0.2, 0.25) is 0 Å². The van der Waals surface area contributed by atoms with E-state index in [1.807, 2.05) is 24.3 Å². The molecule has 0 aromatic heterocycles. The van der Waals surface area contributed by atoms with Crippen LogP contribution in [0.3, 0.4) is 0 Å². The quantitative estimate of drug-likeness (QED) is 0.776. The minimum Gasteiger partial charge on any atom is -0.469 e. The molecule has 1 N–H and O–H groups in total. The maximum atomic E-state index is 11.3. The monoisotopic (exact) mass is 235 g/mol. The van der Waals surface area contributed by atoms with Crippen LogP contribution in [0.4, 0.5) is 0 Å². The molecule has 1 aliphatic rings. The molecule has 17 heavy (non-hydrogen) atoms. The molecule has 0 spiro atoms. The molecule has 0 amide bonds. The van der Waals surface area contributed by atoms with Gasteiger partial charge in [0.05, 0.1) is 19.6 Å². The van der Waals surface area contributed by atoms with Crippen LogP contribution in [0, 0.1) is 0 Å². The maximum Gasteiger partial charge on any atom is 0.309 e. The third-order valence-corrected chi connectivity index (χ3v) is 3.01. The average Bonchev–Trinajstić information content (AvgIpc) is 2.29. The Morgan fingerprint density at radius 2 is 2.06 bits per heavy atom. The van der Waals surface area contributed by atoms with E-state index in [0.29, 0.717) is 19.5 Å². The van der Waals surface area contributed by atoms with Gasteiger partial charge in [-0.05, 0) is 11.1 Å². The van der Waals surface area contributed by atoms with Crippen LogP contribution in [-0.4, -0.2) is 42.3 Å². The topological polar surface area (TPSA) is 49.8 Å². The molecule has 1 aromatic carbocycles. The van der Waals surface area contributed by atoms with Gasteiger partial charge >= 0.3 is 5.97 Å². The minimum absolute atomic E-state index is 0.192. The Hall–Kier alpha value is -1.39. The van der Waals surface area contributed by atoms with Crippen molar-refractivity contribution in [1.82, 2.24) is 4.90 Å². The smallest absolute Gasteiger partial charge is 0.309 e. The van der Waals surface area contributed by atoms with Gasteiger partial charge in [0.25, 0.3) is 0 Å². The van der Waals surface area contributed by atoms with Gasteiger partial charge in [-0.25, -0.2) is 0 Å². The van der Waals surface area contributed by atoms with Crippen molar-refractivity contribution in [3.8, 4) is 0 Å². The summed E-state index contributed by atoms with van der Waals surface area (Å²) in [5, 5.41) is 9.23. The number of ether oxygens (including phenoxy) is 1. The molecule has 1 aliphatic heterocycles. The van der Waals surface area contributed by atoms with Crippen LogP contribution in [0.15, 0.2) is 24.3 Å². The Morgan fingerprint density at radius 1 is 1.41 bits per heavy atom. The lowest BCUT2D eigenvalue weighted by Gasteiger charge is -2.36. The first kappa shape index (κ1) is 12.1. The fourth-order valence-corrected chi connectivity index (χ4v) is 2.02. The highest BCUT2D eigenvalue weighted by atomic mass is 16.5. The molecule has 0 radical (unpaired) electrons. The van der Waals surface area contributed by atoms with Crippen molar-refractivity contribution in [1.29, 1.82) is 0 Å². The molecule has 1 fully saturated rings. The maximum absolute atomic E-state index is 11.3. The number of carbonyl (C=O) groups is 1. The van der Waals surface area contributed by atoms with E-state index in [-0.39, 0.29) is 12.1 Å². The van der Waals surface area contributed by atoms with Crippen LogP contribution in [0.1, 0.15) is 11.1 Å². The standard InChI is InChI=1S/C13H17NO3/c1-17-13(16)6-10-4-2-3-5-11(10)7-14-8-12(15)9-14/h2-5,12,15H,6-9H2,1H3. The van der Waals surface area contributed by atoms with Gasteiger partial charge in [-0.3, -0.25) is 9.69 Å². The van der Waals surface area contributed by atoms with Crippen molar-refractivity contribution in [3.05, 3.63) is 35.4 Å². The first-order chi connectivity index (χ1) is 8.19. The summed E-state index contributed by atoms with van der Waals surface area (Å²) in [6.07, 6.45) is 0.117. The highest BCUT2D eigenvalue weighted by Gasteiger charge is 2.24. The highest BCUT2D eigenvalue weighted by Crippen LogP contribution is 2.17. The lowest BCUT2D eigenvalue weighted by atomic mass is 10.0. The lowest BCUT2D eigenvalue weighted by Crippen LogP contribution is -2.49. The largest absolute Gasteiger partial charge is 0.469 e. The zero-order valence-corrected chi connectivity index (χ0v) is 9.93. The highest BCUT2D eigenvalue weighted by molar-refractivity contribution is 5.72. The second kappa shape index (κ2) is 5.29. The molecule has 0 unspecified atom stereocenters. The second-order valence-corrected chi connectivity index (χ2v) is 4.37. The van der Waals surface area contributed by atoms with Gasteiger partial charge in [-0.15, -0.1) is 0 Å². The first-order valence-corrected chi connectivity index (χ1v) is 5.73. The molecule has 92 valence electrons. The number of β-amino-alcohol motifs (C(OH)–C–C–N with tert-alkyl or cyclic N) is 1. The predicted octanol–water partition coefficient (Wildman–Crippen LogP) is 0.579. The van der Waals surface area contributed by atoms with Crippen LogP contribution < -0.4 is 0 Å². The molecule has 0 bridgehead atoms. The number of hydrogen-bond acceptors (Lipinski definition) is 4. The molecule has 0 atom stereocenters. The summed E-state index contributed by atoms with van der Waals surface area (Å²) in [4.78, 5) is 13.4. The summed E-state index contributed by atoms with van der Waals surface area (Å²) in [7, 11) is 1.40. The van der Waals surface area contributed by atoms with Crippen LogP contribution in [0.25, 0.3) is 0 Å². The molecule has 4 heteroatoms. The minimum atomic E-state index is -0.221. The van der Waals surface area contributed by atoms with E-state index < -0.39 is 0 Å². The Kier molecular flexibility index (Phi) is 3.76. The fraction of sp³-hybridized carbons (Fsp3) is 0.462. The van der Waals surface area contributed by atoms with E-state index >= 15 is 0 Å². The number of benzene rings is 1. The SMILES string of the molecule is COC(=O)Cc1ccccc1CN1CC(O)C1. The van der Waals surface area contributed by atoms with E-state index in [4.69, 9.17) is 0 Å². The Labute approximate surface area is 101 Å². The number of nitrogens with zero attached hydrogens (tertiary/aromatic N) is 1. The zero-order valence-electron chi connectivity index (χ0n) is 9.93. The van der Waals surface area contributed by atoms with Gasteiger partial charge in [-0.1, -0.05) is 24.3 Å². The van der Waals surface area contributed by atoms with Crippen LogP contribution in [0.5, 0.6) is 0 Å². The van der Waals surface area contributed by atoms with Gasteiger partial charge in [0.1, 0.15) is 0 Å². The number of likely N-dealkylation sites (tertiary alicyclic amines) is 1. The van der Waals surface area contributed by atoms with Crippen LogP contribution in [-0.2, 0) is 22.5 Å². The van der Waals surface area contributed by atoms with Crippen LogP contribution in [0.2, 0.25) is 0 Å². The molecule has 0 aliphatic carbocycles. The average molecular weight is 235 g/mol. The summed E-state index contributed by atoms with van der Waals surface area (Å²) in [6, 6.07) is 7.85. The van der Waals surface area contributed by atoms with Gasteiger partial charge < -0.3 is 9.84 Å². The molecule has 2 rings (SSSR count). The summed E-state index contributed by atoms with van der Waals surface area (Å²) < 4.78 is 4.68. The van der Waals surface area contributed by atoms with E-state index in [9.17, 15) is 9.90 Å². The van der Waals surface area contributed by atoms with Gasteiger partial charge in [0.15, 0.2) is 0 Å². The number of carbonyl (C=O) groups excluding carboxylic acids is 1. The number of methoxy groups -OCH3 is 1. The molecule has 4 nitrogen and oxygen atoms in total. The van der Waals surface area contributed by atoms with E-state index in [1.165, 1.54) is 7.11 Å². The molecule has 1 aromatic rings. The Balaban J connectivity index is 2.02. The first-order valence-electron chi connectivity index (χ1n) is 5.73. The molecule has 1 saturated heterocycles. The second-order valence-electron chi connectivity index (χ2n) is 4.37. The summed E-state index contributed by atoms with van der Waals surface area (Å²) in [6.45, 7) is 2.21. The summed E-state index contributed by atoms with van der Waals surface area (Å²) in [5.74, 6) is -0.221. The summed E-state index contributed by atoms with van der Waals surface area (Å²) in [5.41, 5.74) is 2.13. The third kappa shape index (κ3) is 3.05. The van der Waals surface area contributed by atoms with Crippen LogP contribution >= 0.6 is 0 Å². The number of aliphatic hydroxyl groups excluding tert-OH is 1. The lowest BCUT2D eigenvalue weighted by molar-refractivity contribution is -0.139. The van der Waals surface area contributed by atoms with Crippen molar-refractivity contribution in [2.75, 3.05) is 20.2 Å². The molecular formula is C13H17NO3. The van der Waals surface area contributed by atoms with Crippen molar-refractivity contribution < 1.29 is 14.6 Å². The number of hydrogen-bond donors (Lipinski definition) is 1. The number of aliphatic hydroxyl groups is 1. The Bertz CT molecular complexity index is 399. The van der Waals surface area contributed by atoms with E-state index in [2.05, 4.69) is 9.64 Å². The third-order valence-electron chi connectivity index (χ3n) is 3.01. The fourth-order valence-electron chi connectivity index (χ4n) is 2.02. The van der Waals surface area contributed by atoms with Gasteiger partial charge in [-0.2, -0.15) is 0 Å². The zero-order chi connectivity index (χ0) is 12.3. The predicted molar refractivity (Wildman–Crippen MR) is 63.4 cm³/mol. The van der Waals surface area contributed by atoms with Crippen molar-refractivity contribution >= 4 is 5.97 Å². The van der Waals surface area contributed by atoms with E-state index in [1.54, 1.807) is 0 Å². The Morgan fingerprint density at radius 3 is 2.65 bits per heavy atom. The summed E-state index contributed by atoms with van der Waals surface area (Å²) >= 11 is 0.